The number of aromatic nitrogens is 4. The molecule has 1 saturated carbocycles. The molecule has 0 saturated heterocycles. The fourth-order valence-electron chi connectivity index (χ4n) is 3.30. The minimum atomic E-state index is 0.334. The Morgan fingerprint density at radius 3 is 2.57 bits per heavy atom. The first kappa shape index (κ1) is 13.9. The van der Waals surface area contributed by atoms with Crippen LogP contribution in [-0.2, 0) is 0 Å². The molecule has 0 radical (unpaired) electrons. The van der Waals surface area contributed by atoms with Gasteiger partial charge in [-0.1, -0.05) is 20.3 Å². The number of nitrogen functional groups attached to an aromatic ring is 2. The fraction of sp³-hybridized carbons (Fsp3) is 0.533. The topological polar surface area (TPSA) is 95.6 Å². The minimum Gasteiger partial charge on any atom is -0.399 e. The van der Waals surface area contributed by atoms with E-state index in [9.17, 15) is 0 Å². The summed E-state index contributed by atoms with van der Waals surface area (Å²) in [6.07, 6.45) is 4.66. The van der Waals surface area contributed by atoms with Crippen molar-refractivity contribution >= 4 is 11.4 Å². The third kappa shape index (κ3) is 2.84. The number of nitrogens with zero attached hydrogens (tertiary/aromatic N) is 4. The molecule has 0 amide bonds. The second-order valence-corrected chi connectivity index (χ2v) is 6.75. The highest BCUT2D eigenvalue weighted by atomic mass is 15.5. The quantitative estimate of drug-likeness (QED) is 0.827. The van der Waals surface area contributed by atoms with E-state index in [0.29, 0.717) is 22.8 Å². The molecule has 6 nitrogen and oxygen atoms in total. The van der Waals surface area contributed by atoms with Gasteiger partial charge in [-0.25, -0.2) is 4.68 Å². The molecule has 2 aromatic rings. The maximum atomic E-state index is 5.88. The van der Waals surface area contributed by atoms with Crippen LogP contribution < -0.4 is 11.5 Å². The van der Waals surface area contributed by atoms with Crippen molar-refractivity contribution in [1.82, 2.24) is 20.2 Å². The van der Waals surface area contributed by atoms with E-state index in [2.05, 4.69) is 29.4 Å². The van der Waals surface area contributed by atoms with Crippen molar-refractivity contribution in [2.45, 2.75) is 45.6 Å². The van der Waals surface area contributed by atoms with E-state index in [4.69, 9.17) is 11.5 Å². The average molecular weight is 286 g/mol. The van der Waals surface area contributed by atoms with Crippen LogP contribution in [0.1, 0.15) is 45.6 Å². The lowest BCUT2D eigenvalue weighted by Gasteiger charge is -2.35. The van der Waals surface area contributed by atoms with E-state index in [1.165, 1.54) is 12.8 Å². The maximum absolute atomic E-state index is 5.88. The molecule has 1 aromatic carbocycles. The van der Waals surface area contributed by atoms with Crippen LogP contribution in [0.5, 0.6) is 0 Å². The Bertz CT molecular complexity index is 625. The molecule has 1 aliphatic rings. The largest absolute Gasteiger partial charge is 0.399 e. The normalized spacial score (nSPS) is 21.3. The van der Waals surface area contributed by atoms with E-state index in [1.54, 1.807) is 6.07 Å². The summed E-state index contributed by atoms with van der Waals surface area (Å²) in [5.41, 5.74) is 14.2. The first-order valence-electron chi connectivity index (χ1n) is 7.39. The first-order chi connectivity index (χ1) is 9.94. The summed E-state index contributed by atoms with van der Waals surface area (Å²) >= 11 is 0. The van der Waals surface area contributed by atoms with E-state index < -0.39 is 0 Å². The lowest BCUT2D eigenvalue weighted by atomic mass is 9.75. The van der Waals surface area contributed by atoms with Gasteiger partial charge in [0.05, 0.1) is 6.04 Å². The molecule has 1 aromatic heterocycles. The molecular formula is C15H22N6. The standard InChI is InChI=1S/C15H22N6/c1-15(2)5-3-4-13(9-15)21-14(18-19-20-21)10-6-11(16)8-12(17)7-10/h6-8,13H,3-5,9,16-17H2,1-2H3. The van der Waals surface area contributed by atoms with Crippen molar-refractivity contribution in [2.75, 3.05) is 11.5 Å². The van der Waals surface area contributed by atoms with Crippen molar-refractivity contribution in [3.05, 3.63) is 18.2 Å². The van der Waals surface area contributed by atoms with Crippen molar-refractivity contribution in [3.63, 3.8) is 0 Å². The van der Waals surface area contributed by atoms with Crippen LogP contribution in [0.15, 0.2) is 18.2 Å². The number of rotatable bonds is 2. The van der Waals surface area contributed by atoms with Crippen LogP contribution in [0, 0.1) is 5.41 Å². The molecule has 6 heteroatoms. The van der Waals surface area contributed by atoms with Gasteiger partial charge in [0.25, 0.3) is 0 Å². The summed E-state index contributed by atoms with van der Waals surface area (Å²) in [5, 5.41) is 12.3. The Morgan fingerprint density at radius 2 is 1.90 bits per heavy atom. The van der Waals surface area contributed by atoms with Crippen molar-refractivity contribution in [2.24, 2.45) is 5.41 Å². The van der Waals surface area contributed by atoms with Crippen molar-refractivity contribution in [3.8, 4) is 11.4 Å². The lowest BCUT2D eigenvalue weighted by Crippen LogP contribution is -2.26. The van der Waals surface area contributed by atoms with Gasteiger partial charge in [0.15, 0.2) is 5.82 Å². The molecule has 1 heterocycles. The SMILES string of the molecule is CC1(C)CCCC(n2nnnc2-c2cc(N)cc(N)c2)C1. The monoisotopic (exact) mass is 286 g/mol. The zero-order chi connectivity index (χ0) is 15.0. The summed E-state index contributed by atoms with van der Waals surface area (Å²) in [4.78, 5) is 0. The third-order valence-corrected chi connectivity index (χ3v) is 4.25. The number of hydrogen-bond acceptors (Lipinski definition) is 5. The van der Waals surface area contributed by atoms with Gasteiger partial charge in [-0.15, -0.1) is 5.10 Å². The summed E-state index contributed by atoms with van der Waals surface area (Å²) in [6, 6.07) is 5.81. The number of benzene rings is 1. The van der Waals surface area contributed by atoms with Gasteiger partial charge in [-0.2, -0.15) is 0 Å². The van der Waals surface area contributed by atoms with Gasteiger partial charge in [0.2, 0.25) is 0 Å². The van der Waals surface area contributed by atoms with Gasteiger partial charge in [-0.05, 0) is 53.3 Å². The van der Waals surface area contributed by atoms with Gasteiger partial charge in [0.1, 0.15) is 0 Å². The van der Waals surface area contributed by atoms with Gasteiger partial charge >= 0.3 is 0 Å². The molecule has 0 bridgehead atoms. The minimum absolute atomic E-state index is 0.334. The summed E-state index contributed by atoms with van der Waals surface area (Å²) < 4.78 is 1.94. The van der Waals surface area contributed by atoms with Crippen molar-refractivity contribution < 1.29 is 0 Å². The number of anilines is 2. The zero-order valence-electron chi connectivity index (χ0n) is 12.6. The molecule has 1 aliphatic carbocycles. The van der Waals surface area contributed by atoms with Crippen LogP contribution >= 0.6 is 0 Å². The molecule has 4 N–H and O–H groups in total. The molecular weight excluding hydrogens is 264 g/mol. The van der Waals surface area contributed by atoms with E-state index in [-0.39, 0.29) is 0 Å². The second kappa shape index (κ2) is 5.02. The highest BCUT2D eigenvalue weighted by Gasteiger charge is 2.31. The smallest absolute Gasteiger partial charge is 0.182 e. The zero-order valence-corrected chi connectivity index (χ0v) is 12.6. The Kier molecular flexibility index (Phi) is 3.31. The summed E-state index contributed by atoms with van der Waals surface area (Å²) in [5.74, 6) is 0.747. The van der Waals surface area contributed by atoms with Crippen LogP contribution in [0.2, 0.25) is 0 Å². The highest BCUT2D eigenvalue weighted by Crippen LogP contribution is 2.41. The van der Waals surface area contributed by atoms with Crippen LogP contribution in [0.3, 0.4) is 0 Å². The van der Waals surface area contributed by atoms with Crippen LogP contribution in [-0.4, -0.2) is 20.2 Å². The molecule has 21 heavy (non-hydrogen) atoms. The molecule has 1 atom stereocenters. The summed E-state index contributed by atoms with van der Waals surface area (Å²) in [7, 11) is 0. The van der Waals surface area contributed by atoms with Gasteiger partial charge < -0.3 is 11.5 Å². The van der Waals surface area contributed by atoms with Crippen LogP contribution in [0.4, 0.5) is 11.4 Å². The Morgan fingerprint density at radius 1 is 1.19 bits per heavy atom. The Labute approximate surface area is 124 Å². The number of nitrogens with two attached hydrogens (primary N) is 2. The van der Waals surface area contributed by atoms with E-state index >= 15 is 0 Å². The molecule has 112 valence electrons. The van der Waals surface area contributed by atoms with Gasteiger partial charge in [0, 0.05) is 16.9 Å². The highest BCUT2D eigenvalue weighted by molar-refractivity contribution is 5.67. The molecule has 1 fully saturated rings. The van der Waals surface area contributed by atoms with Crippen LogP contribution in [0.25, 0.3) is 11.4 Å². The van der Waals surface area contributed by atoms with Crippen molar-refractivity contribution in [1.29, 1.82) is 0 Å². The Balaban J connectivity index is 1.97. The predicted molar refractivity (Wildman–Crippen MR) is 83.4 cm³/mol. The molecule has 1 unspecified atom stereocenters. The first-order valence-corrected chi connectivity index (χ1v) is 7.39. The average Bonchev–Trinajstić information content (AvgIpc) is 2.85. The molecule has 0 spiro atoms. The van der Waals surface area contributed by atoms with E-state index in [1.807, 2.05) is 16.8 Å². The Hall–Kier alpha value is -2.11. The van der Waals surface area contributed by atoms with E-state index in [0.717, 1.165) is 24.2 Å². The molecule has 0 aliphatic heterocycles. The van der Waals surface area contributed by atoms with Gasteiger partial charge in [-0.3, -0.25) is 0 Å². The number of hydrogen-bond donors (Lipinski definition) is 2. The second-order valence-electron chi connectivity index (χ2n) is 6.75. The maximum Gasteiger partial charge on any atom is 0.182 e. The summed E-state index contributed by atoms with van der Waals surface area (Å²) in [6.45, 7) is 4.61. The fourth-order valence-corrected chi connectivity index (χ4v) is 3.30. The lowest BCUT2D eigenvalue weighted by molar-refractivity contribution is 0.174. The third-order valence-electron chi connectivity index (χ3n) is 4.25. The predicted octanol–water partition coefficient (Wildman–Crippen LogP) is 2.65. The molecule has 3 rings (SSSR count). The number of tetrazole rings is 1.